The molecule has 0 bridgehead atoms. The Morgan fingerprint density at radius 2 is 1.95 bits per heavy atom. The SMILES string of the molecule is Cc1cc(F)ccc1S(=O)(=O)NC1CCCCCC1N. The van der Waals surface area contributed by atoms with Gasteiger partial charge in [0, 0.05) is 12.1 Å². The second-order valence-electron chi connectivity index (χ2n) is 5.44. The Morgan fingerprint density at radius 1 is 1.25 bits per heavy atom. The second kappa shape index (κ2) is 6.20. The third kappa shape index (κ3) is 3.56. The van der Waals surface area contributed by atoms with Gasteiger partial charge in [0.05, 0.1) is 4.90 Å². The van der Waals surface area contributed by atoms with E-state index in [1.165, 1.54) is 12.1 Å². The van der Waals surface area contributed by atoms with Gasteiger partial charge in [-0.25, -0.2) is 17.5 Å². The predicted molar refractivity (Wildman–Crippen MR) is 76.3 cm³/mol. The molecule has 0 spiro atoms. The molecular formula is C14H21FN2O2S. The number of hydrogen-bond acceptors (Lipinski definition) is 3. The third-order valence-electron chi connectivity index (χ3n) is 3.80. The summed E-state index contributed by atoms with van der Waals surface area (Å²) in [6.45, 7) is 1.59. The van der Waals surface area contributed by atoms with Crippen molar-refractivity contribution in [2.24, 2.45) is 5.73 Å². The molecule has 0 radical (unpaired) electrons. The molecule has 1 saturated carbocycles. The summed E-state index contributed by atoms with van der Waals surface area (Å²) in [5, 5.41) is 0. The molecule has 2 unspecified atom stereocenters. The van der Waals surface area contributed by atoms with Gasteiger partial charge in [0.2, 0.25) is 10.0 Å². The number of benzene rings is 1. The van der Waals surface area contributed by atoms with Crippen molar-refractivity contribution >= 4 is 10.0 Å². The molecule has 1 fully saturated rings. The molecule has 0 saturated heterocycles. The van der Waals surface area contributed by atoms with Crippen LogP contribution < -0.4 is 10.5 Å². The Morgan fingerprint density at radius 3 is 2.65 bits per heavy atom. The number of sulfonamides is 1. The summed E-state index contributed by atoms with van der Waals surface area (Å²) in [5.41, 5.74) is 6.44. The van der Waals surface area contributed by atoms with Gasteiger partial charge in [0.1, 0.15) is 5.82 Å². The third-order valence-corrected chi connectivity index (χ3v) is 5.45. The summed E-state index contributed by atoms with van der Waals surface area (Å²) in [5.74, 6) is -0.437. The Hall–Kier alpha value is -0.980. The molecule has 1 aliphatic carbocycles. The lowest BCUT2D eigenvalue weighted by Gasteiger charge is -2.23. The average molecular weight is 300 g/mol. The van der Waals surface area contributed by atoms with Crippen LogP contribution in [0.5, 0.6) is 0 Å². The molecule has 1 aliphatic rings. The molecular weight excluding hydrogens is 279 g/mol. The lowest BCUT2D eigenvalue weighted by Crippen LogP contribution is -2.46. The normalized spacial score (nSPS) is 24.4. The van der Waals surface area contributed by atoms with E-state index in [9.17, 15) is 12.8 Å². The van der Waals surface area contributed by atoms with Gasteiger partial charge in [-0.3, -0.25) is 0 Å². The summed E-state index contributed by atoms with van der Waals surface area (Å²) < 4.78 is 40.6. The maximum absolute atomic E-state index is 13.1. The number of aryl methyl sites for hydroxylation is 1. The zero-order chi connectivity index (χ0) is 14.8. The van der Waals surface area contributed by atoms with E-state index in [2.05, 4.69) is 4.72 Å². The van der Waals surface area contributed by atoms with E-state index in [4.69, 9.17) is 5.73 Å². The highest BCUT2D eigenvalue weighted by molar-refractivity contribution is 7.89. The predicted octanol–water partition coefficient (Wildman–Crippen LogP) is 2.07. The fourth-order valence-corrected chi connectivity index (χ4v) is 4.21. The molecule has 2 atom stereocenters. The average Bonchev–Trinajstić information content (AvgIpc) is 2.54. The van der Waals surface area contributed by atoms with Crippen LogP contribution in [0.2, 0.25) is 0 Å². The van der Waals surface area contributed by atoms with Gasteiger partial charge in [-0.1, -0.05) is 19.3 Å². The van der Waals surface area contributed by atoms with Crippen molar-refractivity contribution in [1.82, 2.24) is 4.72 Å². The Bertz CT molecular complexity index is 575. The van der Waals surface area contributed by atoms with Crippen LogP contribution in [0.4, 0.5) is 4.39 Å². The molecule has 112 valence electrons. The molecule has 0 aromatic heterocycles. The van der Waals surface area contributed by atoms with Crippen molar-refractivity contribution in [3.63, 3.8) is 0 Å². The first-order valence-electron chi connectivity index (χ1n) is 6.94. The lowest BCUT2D eigenvalue weighted by molar-refractivity contribution is 0.456. The molecule has 3 N–H and O–H groups in total. The minimum atomic E-state index is -3.65. The van der Waals surface area contributed by atoms with Crippen LogP contribution >= 0.6 is 0 Å². The monoisotopic (exact) mass is 300 g/mol. The van der Waals surface area contributed by atoms with Gasteiger partial charge in [0.25, 0.3) is 0 Å². The van der Waals surface area contributed by atoms with Crippen molar-refractivity contribution in [3.8, 4) is 0 Å². The fourth-order valence-electron chi connectivity index (χ4n) is 2.66. The van der Waals surface area contributed by atoms with E-state index in [0.717, 1.165) is 38.2 Å². The van der Waals surface area contributed by atoms with E-state index >= 15 is 0 Å². The van der Waals surface area contributed by atoms with Gasteiger partial charge in [-0.05, 0) is 43.5 Å². The number of nitrogens with two attached hydrogens (primary N) is 1. The van der Waals surface area contributed by atoms with Crippen LogP contribution in [0, 0.1) is 12.7 Å². The van der Waals surface area contributed by atoms with Crippen molar-refractivity contribution in [1.29, 1.82) is 0 Å². The Labute approximate surface area is 119 Å². The maximum Gasteiger partial charge on any atom is 0.241 e. The van der Waals surface area contributed by atoms with E-state index in [-0.39, 0.29) is 17.0 Å². The Balaban J connectivity index is 2.21. The number of rotatable bonds is 3. The fraction of sp³-hybridized carbons (Fsp3) is 0.571. The van der Waals surface area contributed by atoms with E-state index in [0.29, 0.717) is 5.56 Å². The van der Waals surface area contributed by atoms with Crippen molar-refractivity contribution in [2.75, 3.05) is 0 Å². The number of hydrogen-bond donors (Lipinski definition) is 2. The van der Waals surface area contributed by atoms with Crippen molar-refractivity contribution < 1.29 is 12.8 Å². The van der Waals surface area contributed by atoms with Gasteiger partial charge in [-0.2, -0.15) is 0 Å². The standard InChI is InChI=1S/C14H21FN2O2S/c1-10-9-11(15)7-8-14(10)20(18,19)17-13-6-4-2-3-5-12(13)16/h7-9,12-13,17H,2-6,16H2,1H3. The zero-order valence-electron chi connectivity index (χ0n) is 11.6. The molecule has 4 nitrogen and oxygen atoms in total. The van der Waals surface area contributed by atoms with Gasteiger partial charge >= 0.3 is 0 Å². The van der Waals surface area contributed by atoms with Gasteiger partial charge < -0.3 is 5.73 Å². The van der Waals surface area contributed by atoms with Crippen LogP contribution in [0.25, 0.3) is 0 Å². The zero-order valence-corrected chi connectivity index (χ0v) is 12.4. The Kier molecular flexibility index (Phi) is 4.78. The summed E-state index contributed by atoms with van der Waals surface area (Å²) in [7, 11) is -3.65. The quantitative estimate of drug-likeness (QED) is 0.839. The topological polar surface area (TPSA) is 72.2 Å². The van der Waals surface area contributed by atoms with Crippen LogP contribution in [-0.2, 0) is 10.0 Å². The first kappa shape index (κ1) is 15.4. The molecule has 0 amide bonds. The molecule has 6 heteroatoms. The molecule has 0 heterocycles. The second-order valence-corrected chi connectivity index (χ2v) is 7.12. The first-order valence-corrected chi connectivity index (χ1v) is 8.42. The smallest absolute Gasteiger partial charge is 0.241 e. The van der Waals surface area contributed by atoms with Gasteiger partial charge in [-0.15, -0.1) is 0 Å². The highest BCUT2D eigenvalue weighted by Crippen LogP contribution is 2.21. The van der Waals surface area contributed by atoms with Crippen molar-refractivity contribution in [2.45, 2.75) is 56.0 Å². The van der Waals surface area contributed by atoms with Crippen LogP contribution in [0.3, 0.4) is 0 Å². The van der Waals surface area contributed by atoms with Crippen molar-refractivity contribution in [3.05, 3.63) is 29.6 Å². The highest BCUT2D eigenvalue weighted by Gasteiger charge is 2.27. The molecule has 1 aromatic rings. The van der Waals surface area contributed by atoms with E-state index in [1.54, 1.807) is 6.92 Å². The minimum Gasteiger partial charge on any atom is -0.326 e. The summed E-state index contributed by atoms with van der Waals surface area (Å²) in [6.07, 6.45) is 4.68. The molecule has 20 heavy (non-hydrogen) atoms. The minimum absolute atomic E-state index is 0.121. The van der Waals surface area contributed by atoms with E-state index in [1.807, 2.05) is 0 Å². The molecule has 0 aliphatic heterocycles. The summed E-state index contributed by atoms with van der Waals surface area (Å²) in [6, 6.07) is 3.28. The highest BCUT2D eigenvalue weighted by atomic mass is 32.2. The van der Waals surface area contributed by atoms with Crippen LogP contribution in [0.15, 0.2) is 23.1 Å². The van der Waals surface area contributed by atoms with Crippen LogP contribution in [-0.4, -0.2) is 20.5 Å². The maximum atomic E-state index is 13.1. The molecule has 1 aromatic carbocycles. The number of nitrogens with one attached hydrogen (secondary N) is 1. The van der Waals surface area contributed by atoms with E-state index < -0.39 is 15.8 Å². The summed E-state index contributed by atoms with van der Waals surface area (Å²) >= 11 is 0. The largest absolute Gasteiger partial charge is 0.326 e. The first-order chi connectivity index (χ1) is 9.40. The lowest BCUT2D eigenvalue weighted by atomic mass is 10.1. The van der Waals surface area contributed by atoms with Crippen LogP contribution in [0.1, 0.15) is 37.7 Å². The number of halogens is 1. The molecule has 2 rings (SSSR count). The van der Waals surface area contributed by atoms with Gasteiger partial charge in [0.15, 0.2) is 0 Å². The summed E-state index contributed by atoms with van der Waals surface area (Å²) in [4.78, 5) is 0.121.